The van der Waals surface area contributed by atoms with Crippen molar-refractivity contribution in [2.24, 2.45) is 0 Å². The third-order valence-electron chi connectivity index (χ3n) is 3.22. The molecule has 5 nitrogen and oxygen atoms in total. The van der Waals surface area contributed by atoms with Crippen molar-refractivity contribution in [2.75, 3.05) is 0 Å². The van der Waals surface area contributed by atoms with Crippen molar-refractivity contribution in [2.45, 2.75) is 12.7 Å². The fourth-order valence-electron chi connectivity index (χ4n) is 2.16. The lowest BCUT2D eigenvalue weighted by Crippen LogP contribution is -2.26. The molecule has 0 bridgehead atoms. The van der Waals surface area contributed by atoms with Gasteiger partial charge in [-0.05, 0) is 18.2 Å². The Labute approximate surface area is 128 Å². The second-order valence-corrected chi connectivity index (χ2v) is 4.80. The Kier molecular flexibility index (Phi) is 3.73. The Bertz CT molecular complexity index is 824. The maximum Gasteiger partial charge on any atom is 0.418 e. The number of pyridine rings is 2. The van der Waals surface area contributed by atoms with Gasteiger partial charge in [-0.2, -0.15) is 13.2 Å². The zero-order chi connectivity index (χ0) is 16.4. The van der Waals surface area contributed by atoms with Crippen LogP contribution in [0, 0.1) is 0 Å². The summed E-state index contributed by atoms with van der Waals surface area (Å²) < 4.78 is 40.4. The van der Waals surface area contributed by atoms with Crippen molar-refractivity contribution in [3.8, 4) is 0 Å². The van der Waals surface area contributed by atoms with Crippen LogP contribution in [0.5, 0.6) is 0 Å². The van der Waals surface area contributed by atoms with Crippen molar-refractivity contribution in [3.05, 3.63) is 65.9 Å². The van der Waals surface area contributed by atoms with Gasteiger partial charge in [-0.1, -0.05) is 6.07 Å². The van der Waals surface area contributed by atoms with Crippen LogP contribution >= 0.6 is 0 Å². The third kappa shape index (κ3) is 3.15. The van der Waals surface area contributed by atoms with Crippen molar-refractivity contribution in [1.82, 2.24) is 19.7 Å². The number of imidazole rings is 1. The zero-order valence-electron chi connectivity index (χ0n) is 11.7. The van der Waals surface area contributed by atoms with Gasteiger partial charge in [0, 0.05) is 24.8 Å². The highest BCUT2D eigenvalue weighted by Gasteiger charge is 2.35. The average molecular weight is 320 g/mol. The first-order valence-electron chi connectivity index (χ1n) is 6.67. The SMILES string of the molecule is O=C(NCc1cn2ccccc2n1)c1ccncc1C(F)(F)F. The van der Waals surface area contributed by atoms with Crippen LogP contribution in [0.1, 0.15) is 21.6 Å². The highest BCUT2D eigenvalue weighted by atomic mass is 19.4. The minimum atomic E-state index is -4.63. The summed E-state index contributed by atoms with van der Waals surface area (Å²) in [4.78, 5) is 19.7. The van der Waals surface area contributed by atoms with E-state index in [1.54, 1.807) is 22.9 Å². The molecule has 0 saturated heterocycles. The van der Waals surface area contributed by atoms with Crippen LogP contribution in [-0.4, -0.2) is 20.3 Å². The van der Waals surface area contributed by atoms with Crippen molar-refractivity contribution < 1.29 is 18.0 Å². The van der Waals surface area contributed by atoms with Crippen molar-refractivity contribution in [1.29, 1.82) is 0 Å². The molecule has 3 rings (SSSR count). The van der Waals surface area contributed by atoms with Crippen LogP contribution < -0.4 is 5.32 Å². The van der Waals surface area contributed by atoms with E-state index in [0.717, 1.165) is 12.3 Å². The Morgan fingerprint density at radius 1 is 1.26 bits per heavy atom. The number of carbonyl (C=O) groups excluding carboxylic acids is 1. The van der Waals surface area contributed by atoms with E-state index in [4.69, 9.17) is 0 Å². The Morgan fingerprint density at radius 2 is 2.09 bits per heavy atom. The molecule has 0 unspecified atom stereocenters. The number of rotatable bonds is 3. The van der Waals surface area contributed by atoms with E-state index in [2.05, 4.69) is 15.3 Å². The molecular formula is C15H11F3N4O. The van der Waals surface area contributed by atoms with Gasteiger partial charge in [0.25, 0.3) is 5.91 Å². The highest BCUT2D eigenvalue weighted by Crippen LogP contribution is 2.31. The first-order valence-corrected chi connectivity index (χ1v) is 6.67. The molecule has 0 spiro atoms. The number of halogens is 3. The van der Waals surface area contributed by atoms with Crippen LogP contribution in [0.2, 0.25) is 0 Å². The molecule has 0 aromatic carbocycles. The molecule has 0 atom stereocenters. The lowest BCUT2D eigenvalue weighted by atomic mass is 10.1. The molecule has 118 valence electrons. The fourth-order valence-corrected chi connectivity index (χ4v) is 2.16. The number of fused-ring (bicyclic) bond motifs is 1. The number of amides is 1. The molecule has 3 heterocycles. The van der Waals surface area contributed by atoms with Gasteiger partial charge in [-0.3, -0.25) is 9.78 Å². The van der Waals surface area contributed by atoms with E-state index in [0.29, 0.717) is 17.5 Å². The molecule has 0 aliphatic heterocycles. The molecule has 0 radical (unpaired) electrons. The van der Waals surface area contributed by atoms with Gasteiger partial charge < -0.3 is 9.72 Å². The Morgan fingerprint density at radius 3 is 2.83 bits per heavy atom. The normalized spacial score (nSPS) is 11.6. The molecule has 1 N–H and O–H groups in total. The summed E-state index contributed by atoms with van der Waals surface area (Å²) in [5.74, 6) is -0.822. The summed E-state index contributed by atoms with van der Waals surface area (Å²) in [7, 11) is 0. The fraction of sp³-hybridized carbons (Fsp3) is 0.133. The average Bonchev–Trinajstić information content (AvgIpc) is 2.94. The molecule has 0 saturated carbocycles. The molecular weight excluding hydrogens is 309 g/mol. The first kappa shape index (κ1) is 15.0. The second kappa shape index (κ2) is 5.71. The smallest absolute Gasteiger partial charge is 0.346 e. The predicted molar refractivity (Wildman–Crippen MR) is 75.6 cm³/mol. The monoisotopic (exact) mass is 320 g/mol. The quantitative estimate of drug-likeness (QED) is 0.807. The van der Waals surface area contributed by atoms with E-state index in [1.807, 2.05) is 12.1 Å². The largest absolute Gasteiger partial charge is 0.418 e. The van der Waals surface area contributed by atoms with Crippen LogP contribution in [-0.2, 0) is 12.7 Å². The standard InChI is InChI=1S/C15H11F3N4O/c16-15(17,18)12-8-19-5-4-11(12)14(23)20-7-10-9-22-6-2-1-3-13(22)21-10/h1-6,8-9H,7H2,(H,20,23). The second-order valence-electron chi connectivity index (χ2n) is 4.80. The topological polar surface area (TPSA) is 59.3 Å². The molecule has 0 aliphatic rings. The van der Waals surface area contributed by atoms with E-state index in [9.17, 15) is 18.0 Å². The van der Waals surface area contributed by atoms with E-state index in [1.165, 1.54) is 0 Å². The van der Waals surface area contributed by atoms with Crippen LogP contribution in [0.25, 0.3) is 5.65 Å². The lowest BCUT2D eigenvalue weighted by Gasteiger charge is -2.11. The summed E-state index contributed by atoms with van der Waals surface area (Å²) in [6.45, 7) is 0.0279. The van der Waals surface area contributed by atoms with E-state index >= 15 is 0 Å². The summed E-state index contributed by atoms with van der Waals surface area (Å²) in [6, 6.07) is 6.47. The molecule has 0 fully saturated rings. The molecule has 3 aromatic rings. The maximum absolute atomic E-state index is 12.9. The summed E-state index contributed by atoms with van der Waals surface area (Å²) in [6.07, 6.45) is 0.643. The van der Waals surface area contributed by atoms with Gasteiger partial charge in [0.1, 0.15) is 5.65 Å². The van der Waals surface area contributed by atoms with Gasteiger partial charge in [-0.25, -0.2) is 4.98 Å². The summed E-state index contributed by atoms with van der Waals surface area (Å²) in [5, 5.41) is 2.45. The van der Waals surface area contributed by atoms with E-state index < -0.39 is 23.2 Å². The Hall–Kier alpha value is -2.90. The molecule has 1 amide bonds. The number of hydrogen-bond acceptors (Lipinski definition) is 3. The minimum Gasteiger partial charge on any atom is -0.346 e. The van der Waals surface area contributed by atoms with Crippen molar-refractivity contribution in [3.63, 3.8) is 0 Å². The number of hydrogen-bond donors (Lipinski definition) is 1. The van der Waals surface area contributed by atoms with Crippen LogP contribution in [0.3, 0.4) is 0 Å². The number of carbonyl (C=O) groups is 1. The van der Waals surface area contributed by atoms with Crippen molar-refractivity contribution >= 4 is 11.6 Å². The molecule has 8 heteroatoms. The third-order valence-corrected chi connectivity index (χ3v) is 3.22. The van der Waals surface area contributed by atoms with Crippen LogP contribution in [0.4, 0.5) is 13.2 Å². The lowest BCUT2D eigenvalue weighted by molar-refractivity contribution is -0.138. The van der Waals surface area contributed by atoms with Crippen LogP contribution in [0.15, 0.2) is 49.1 Å². The van der Waals surface area contributed by atoms with Gasteiger partial charge in [0.2, 0.25) is 0 Å². The number of alkyl halides is 3. The number of nitrogens with zero attached hydrogens (tertiary/aromatic N) is 3. The Balaban J connectivity index is 1.77. The highest BCUT2D eigenvalue weighted by molar-refractivity contribution is 5.95. The van der Waals surface area contributed by atoms with Gasteiger partial charge in [0.15, 0.2) is 0 Å². The predicted octanol–water partition coefficient (Wildman–Crippen LogP) is 2.68. The maximum atomic E-state index is 12.9. The summed E-state index contributed by atoms with van der Waals surface area (Å²) >= 11 is 0. The molecule has 0 aliphatic carbocycles. The van der Waals surface area contributed by atoms with Gasteiger partial charge in [-0.15, -0.1) is 0 Å². The minimum absolute atomic E-state index is 0.0279. The van der Waals surface area contributed by atoms with Gasteiger partial charge in [0.05, 0.1) is 23.4 Å². The molecule has 3 aromatic heterocycles. The van der Waals surface area contributed by atoms with Gasteiger partial charge >= 0.3 is 6.18 Å². The zero-order valence-corrected chi connectivity index (χ0v) is 11.7. The number of aromatic nitrogens is 3. The number of nitrogens with one attached hydrogen (secondary N) is 1. The molecule has 23 heavy (non-hydrogen) atoms. The summed E-state index contributed by atoms with van der Waals surface area (Å²) in [5.41, 5.74) is -0.285. The van der Waals surface area contributed by atoms with E-state index in [-0.39, 0.29) is 6.54 Å². The first-order chi connectivity index (χ1) is 10.9.